The minimum atomic E-state index is 0.705. The molecule has 1 rings (SSSR count). The summed E-state index contributed by atoms with van der Waals surface area (Å²) in [5, 5.41) is 3.24. The van der Waals surface area contributed by atoms with Crippen molar-refractivity contribution in [3.8, 4) is 12.3 Å². The molecule has 2 heteroatoms. The Morgan fingerprint density at radius 1 is 1.54 bits per heavy atom. The average molecular weight is 180 g/mol. The largest absolute Gasteiger partial charge is 0.306 e. The van der Waals surface area contributed by atoms with E-state index in [0.717, 1.165) is 12.6 Å². The van der Waals surface area contributed by atoms with Gasteiger partial charge in [-0.05, 0) is 39.4 Å². The standard InChI is InChI=1S/C11H20N2/c1-3-8-12-9-7-11-6-4-5-10-13(11)2/h1,11-12H,4-10H2,2H3. The van der Waals surface area contributed by atoms with Crippen molar-refractivity contribution in [2.75, 3.05) is 26.7 Å². The molecule has 0 bridgehead atoms. The fraction of sp³-hybridized carbons (Fsp3) is 0.818. The molecule has 0 aromatic heterocycles. The first-order chi connectivity index (χ1) is 6.34. The molecule has 0 amide bonds. The molecular formula is C11H20N2. The van der Waals surface area contributed by atoms with E-state index in [0.29, 0.717) is 6.54 Å². The molecule has 0 saturated carbocycles. The Morgan fingerprint density at radius 3 is 3.08 bits per heavy atom. The monoisotopic (exact) mass is 180 g/mol. The molecule has 0 aliphatic carbocycles. The van der Waals surface area contributed by atoms with Crippen LogP contribution in [0.4, 0.5) is 0 Å². The number of nitrogens with one attached hydrogen (secondary N) is 1. The van der Waals surface area contributed by atoms with Crippen LogP contribution in [0.2, 0.25) is 0 Å². The van der Waals surface area contributed by atoms with E-state index in [1.165, 1.54) is 32.2 Å². The van der Waals surface area contributed by atoms with Gasteiger partial charge in [0.05, 0.1) is 6.54 Å². The number of hydrogen-bond donors (Lipinski definition) is 1. The zero-order chi connectivity index (χ0) is 9.52. The number of hydrogen-bond acceptors (Lipinski definition) is 2. The van der Waals surface area contributed by atoms with Gasteiger partial charge in [-0.15, -0.1) is 6.42 Å². The molecular weight excluding hydrogens is 160 g/mol. The lowest BCUT2D eigenvalue weighted by Crippen LogP contribution is -2.38. The molecule has 1 N–H and O–H groups in total. The van der Waals surface area contributed by atoms with Gasteiger partial charge in [0, 0.05) is 6.04 Å². The van der Waals surface area contributed by atoms with E-state index in [-0.39, 0.29) is 0 Å². The molecule has 1 aliphatic rings. The summed E-state index contributed by atoms with van der Waals surface area (Å²) in [5.41, 5.74) is 0. The summed E-state index contributed by atoms with van der Waals surface area (Å²) in [6.07, 6.45) is 10.5. The lowest BCUT2D eigenvalue weighted by atomic mass is 10.0. The van der Waals surface area contributed by atoms with Gasteiger partial charge in [-0.3, -0.25) is 0 Å². The van der Waals surface area contributed by atoms with Crippen molar-refractivity contribution in [3.63, 3.8) is 0 Å². The Balaban J connectivity index is 2.09. The Kier molecular flexibility index (Phi) is 4.88. The van der Waals surface area contributed by atoms with E-state index in [4.69, 9.17) is 6.42 Å². The first-order valence-corrected chi connectivity index (χ1v) is 5.19. The number of nitrogens with zero attached hydrogens (tertiary/aromatic N) is 1. The van der Waals surface area contributed by atoms with Gasteiger partial charge in [-0.1, -0.05) is 12.3 Å². The second kappa shape index (κ2) is 6.01. The van der Waals surface area contributed by atoms with Crippen molar-refractivity contribution in [1.29, 1.82) is 0 Å². The summed E-state index contributed by atoms with van der Waals surface area (Å²) >= 11 is 0. The molecule has 1 atom stereocenters. The Labute approximate surface area is 81.7 Å². The molecule has 0 spiro atoms. The van der Waals surface area contributed by atoms with Crippen molar-refractivity contribution in [3.05, 3.63) is 0 Å². The van der Waals surface area contributed by atoms with Crippen LogP contribution in [0, 0.1) is 12.3 Å². The Bertz CT molecular complexity index is 171. The van der Waals surface area contributed by atoms with Crippen LogP contribution in [0.25, 0.3) is 0 Å². The molecule has 1 fully saturated rings. The van der Waals surface area contributed by atoms with Gasteiger partial charge in [0.15, 0.2) is 0 Å². The van der Waals surface area contributed by atoms with Crippen LogP contribution in [0.3, 0.4) is 0 Å². The van der Waals surface area contributed by atoms with Crippen LogP contribution in [0.15, 0.2) is 0 Å². The van der Waals surface area contributed by atoms with Gasteiger partial charge in [0.1, 0.15) is 0 Å². The SMILES string of the molecule is C#CCNCCC1CCCCN1C. The molecule has 0 aromatic carbocycles. The average Bonchev–Trinajstić information content (AvgIpc) is 2.15. The van der Waals surface area contributed by atoms with E-state index in [2.05, 4.69) is 23.2 Å². The highest BCUT2D eigenvalue weighted by Gasteiger charge is 2.17. The highest BCUT2D eigenvalue weighted by Crippen LogP contribution is 2.16. The summed E-state index contributed by atoms with van der Waals surface area (Å²) < 4.78 is 0. The molecule has 1 saturated heterocycles. The van der Waals surface area contributed by atoms with Crippen molar-refractivity contribution in [2.24, 2.45) is 0 Å². The topological polar surface area (TPSA) is 15.3 Å². The van der Waals surface area contributed by atoms with Crippen molar-refractivity contribution >= 4 is 0 Å². The van der Waals surface area contributed by atoms with Crippen LogP contribution in [0.1, 0.15) is 25.7 Å². The Morgan fingerprint density at radius 2 is 2.38 bits per heavy atom. The molecule has 0 aromatic rings. The van der Waals surface area contributed by atoms with Crippen LogP contribution >= 0.6 is 0 Å². The minimum absolute atomic E-state index is 0.705. The molecule has 2 nitrogen and oxygen atoms in total. The number of rotatable bonds is 4. The van der Waals surface area contributed by atoms with Crippen LogP contribution < -0.4 is 5.32 Å². The highest BCUT2D eigenvalue weighted by atomic mass is 15.1. The van der Waals surface area contributed by atoms with Gasteiger partial charge in [-0.25, -0.2) is 0 Å². The fourth-order valence-corrected chi connectivity index (χ4v) is 1.94. The number of terminal acetylenes is 1. The van der Waals surface area contributed by atoms with Crippen molar-refractivity contribution in [2.45, 2.75) is 31.7 Å². The van der Waals surface area contributed by atoms with Crippen LogP contribution in [-0.2, 0) is 0 Å². The summed E-state index contributed by atoms with van der Waals surface area (Å²) in [6.45, 7) is 3.02. The molecule has 1 aliphatic heterocycles. The summed E-state index contributed by atoms with van der Waals surface area (Å²) in [7, 11) is 2.23. The predicted molar refractivity (Wildman–Crippen MR) is 56.6 cm³/mol. The third kappa shape index (κ3) is 3.80. The zero-order valence-electron chi connectivity index (χ0n) is 8.55. The summed E-state index contributed by atoms with van der Waals surface area (Å²) in [5.74, 6) is 2.59. The number of likely N-dealkylation sites (tertiary alicyclic amines) is 1. The van der Waals surface area contributed by atoms with Gasteiger partial charge >= 0.3 is 0 Å². The van der Waals surface area contributed by atoms with Gasteiger partial charge in [0.2, 0.25) is 0 Å². The highest BCUT2D eigenvalue weighted by molar-refractivity contribution is 4.86. The van der Waals surface area contributed by atoms with Crippen LogP contribution in [-0.4, -0.2) is 37.6 Å². The maximum absolute atomic E-state index is 5.15. The van der Waals surface area contributed by atoms with Crippen LogP contribution in [0.5, 0.6) is 0 Å². The van der Waals surface area contributed by atoms with E-state index in [1.807, 2.05) is 0 Å². The van der Waals surface area contributed by atoms with Gasteiger partial charge in [0.25, 0.3) is 0 Å². The fourth-order valence-electron chi connectivity index (χ4n) is 1.94. The zero-order valence-corrected chi connectivity index (χ0v) is 8.55. The second-order valence-corrected chi connectivity index (χ2v) is 3.80. The van der Waals surface area contributed by atoms with E-state index >= 15 is 0 Å². The normalized spacial score (nSPS) is 24.2. The lowest BCUT2D eigenvalue weighted by Gasteiger charge is -2.32. The molecule has 1 unspecified atom stereocenters. The minimum Gasteiger partial charge on any atom is -0.306 e. The number of piperidine rings is 1. The van der Waals surface area contributed by atoms with Gasteiger partial charge < -0.3 is 10.2 Å². The maximum Gasteiger partial charge on any atom is 0.0573 e. The molecule has 1 heterocycles. The predicted octanol–water partition coefficient (Wildman–Crippen LogP) is 1.08. The third-order valence-electron chi connectivity index (χ3n) is 2.80. The van der Waals surface area contributed by atoms with Crippen molar-refractivity contribution in [1.82, 2.24) is 10.2 Å². The summed E-state index contributed by atoms with van der Waals surface area (Å²) in [4.78, 5) is 2.47. The van der Waals surface area contributed by atoms with Gasteiger partial charge in [-0.2, -0.15) is 0 Å². The maximum atomic E-state index is 5.15. The molecule has 0 radical (unpaired) electrons. The quantitative estimate of drug-likeness (QED) is 0.514. The third-order valence-corrected chi connectivity index (χ3v) is 2.80. The first-order valence-electron chi connectivity index (χ1n) is 5.19. The van der Waals surface area contributed by atoms with E-state index in [1.54, 1.807) is 0 Å². The second-order valence-electron chi connectivity index (χ2n) is 3.80. The smallest absolute Gasteiger partial charge is 0.0573 e. The molecule has 13 heavy (non-hydrogen) atoms. The Hall–Kier alpha value is -0.520. The van der Waals surface area contributed by atoms with Crippen molar-refractivity contribution < 1.29 is 0 Å². The van der Waals surface area contributed by atoms with E-state index in [9.17, 15) is 0 Å². The summed E-state index contributed by atoms with van der Waals surface area (Å²) in [6, 6.07) is 0.777. The lowest BCUT2D eigenvalue weighted by molar-refractivity contribution is 0.176. The first kappa shape index (κ1) is 10.6. The molecule has 74 valence electrons. The van der Waals surface area contributed by atoms with E-state index < -0.39 is 0 Å².